The molecular weight excluding hydrogens is 204 g/mol. The molecule has 0 spiro atoms. The van der Waals surface area contributed by atoms with Crippen LogP contribution >= 0.6 is 11.8 Å². The number of hydrogen-bond donors (Lipinski definition) is 2. The van der Waals surface area contributed by atoms with Crippen LogP contribution in [0.1, 0.15) is 13.8 Å². The molecule has 0 aromatic carbocycles. The molecule has 0 aliphatic rings. The summed E-state index contributed by atoms with van der Waals surface area (Å²) < 4.78 is 4.47. The van der Waals surface area contributed by atoms with Gasteiger partial charge in [-0.15, -0.1) is 11.8 Å². The summed E-state index contributed by atoms with van der Waals surface area (Å²) in [6.07, 6.45) is 0. The van der Waals surface area contributed by atoms with Crippen LogP contribution in [0.2, 0.25) is 0 Å². The van der Waals surface area contributed by atoms with E-state index in [9.17, 15) is 9.59 Å². The van der Waals surface area contributed by atoms with Gasteiger partial charge < -0.3 is 4.74 Å². The lowest BCUT2D eigenvalue weighted by Crippen LogP contribution is -2.40. The van der Waals surface area contributed by atoms with Crippen LogP contribution in [0.15, 0.2) is 0 Å². The van der Waals surface area contributed by atoms with E-state index in [1.54, 1.807) is 0 Å². The first-order valence-corrected chi connectivity index (χ1v) is 5.26. The molecule has 0 heterocycles. The van der Waals surface area contributed by atoms with Gasteiger partial charge in [0.25, 0.3) is 0 Å². The van der Waals surface area contributed by atoms with E-state index in [1.807, 2.05) is 13.8 Å². The first kappa shape index (κ1) is 13.2. The van der Waals surface area contributed by atoms with Crippen LogP contribution in [0, 0.1) is 5.92 Å². The number of esters is 1. The number of ether oxygens (including phenoxy) is 1. The van der Waals surface area contributed by atoms with Crippen LogP contribution in [-0.2, 0) is 14.3 Å². The molecule has 14 heavy (non-hydrogen) atoms. The van der Waals surface area contributed by atoms with Crippen molar-refractivity contribution in [2.45, 2.75) is 19.1 Å². The minimum Gasteiger partial charge on any atom is -0.468 e. The van der Waals surface area contributed by atoms with Crippen molar-refractivity contribution in [1.29, 1.82) is 0 Å². The van der Waals surface area contributed by atoms with E-state index in [1.165, 1.54) is 18.9 Å². The minimum absolute atomic E-state index is 0.119. The average Bonchev–Trinajstić information content (AvgIpc) is 2.16. The molecule has 5 nitrogen and oxygen atoms in total. The Kier molecular flexibility index (Phi) is 6.31. The largest absolute Gasteiger partial charge is 0.468 e. The van der Waals surface area contributed by atoms with Crippen LogP contribution in [0.4, 0.5) is 0 Å². The number of nitrogens with two attached hydrogens (primary N) is 1. The topological polar surface area (TPSA) is 81.4 Å². The first-order valence-electron chi connectivity index (χ1n) is 4.21. The molecular formula is C8H16N2O3S. The number of amides is 1. The second-order valence-electron chi connectivity index (χ2n) is 3.06. The fraction of sp³-hybridized carbons (Fsp3) is 0.750. The van der Waals surface area contributed by atoms with Gasteiger partial charge in [0.2, 0.25) is 5.91 Å². The Bertz CT molecular complexity index is 209. The molecule has 0 aliphatic carbocycles. The van der Waals surface area contributed by atoms with Gasteiger partial charge in [0, 0.05) is 0 Å². The second kappa shape index (κ2) is 6.67. The van der Waals surface area contributed by atoms with Crippen molar-refractivity contribution in [3.05, 3.63) is 0 Å². The van der Waals surface area contributed by atoms with Crippen molar-refractivity contribution < 1.29 is 14.3 Å². The van der Waals surface area contributed by atoms with Crippen LogP contribution in [0.5, 0.6) is 0 Å². The summed E-state index contributed by atoms with van der Waals surface area (Å²) in [5, 5.41) is -0.320. The Balaban J connectivity index is 4.11. The maximum Gasteiger partial charge on any atom is 0.315 e. The highest BCUT2D eigenvalue weighted by molar-refractivity contribution is 8.01. The number of methoxy groups -OCH3 is 1. The van der Waals surface area contributed by atoms with E-state index < -0.39 is 0 Å². The maximum atomic E-state index is 11.2. The Morgan fingerprint density at radius 1 is 1.50 bits per heavy atom. The van der Waals surface area contributed by atoms with E-state index in [2.05, 4.69) is 10.2 Å². The summed E-state index contributed by atoms with van der Waals surface area (Å²) in [5.41, 5.74) is 2.08. The Hall–Kier alpha value is -0.750. The molecule has 6 heteroatoms. The summed E-state index contributed by atoms with van der Waals surface area (Å²) in [4.78, 5) is 22.1. The van der Waals surface area contributed by atoms with Gasteiger partial charge in [0.05, 0.1) is 18.1 Å². The summed E-state index contributed by atoms with van der Waals surface area (Å²) in [5.74, 6) is 4.69. The van der Waals surface area contributed by atoms with E-state index in [0.717, 1.165) is 0 Å². The third-order valence-corrected chi connectivity index (χ3v) is 3.13. The molecule has 0 radical (unpaired) electrons. The molecule has 0 aromatic heterocycles. The van der Waals surface area contributed by atoms with E-state index in [0.29, 0.717) is 0 Å². The van der Waals surface area contributed by atoms with Crippen LogP contribution < -0.4 is 11.3 Å². The summed E-state index contributed by atoms with van der Waals surface area (Å²) in [6, 6.07) is 0. The molecule has 0 aliphatic heterocycles. The maximum absolute atomic E-state index is 11.2. The van der Waals surface area contributed by atoms with Crippen molar-refractivity contribution in [3.8, 4) is 0 Å². The summed E-state index contributed by atoms with van der Waals surface area (Å²) >= 11 is 1.23. The fourth-order valence-electron chi connectivity index (χ4n) is 0.870. The number of carbonyl (C=O) groups is 2. The van der Waals surface area contributed by atoms with Gasteiger partial charge >= 0.3 is 5.97 Å². The number of nitrogens with one attached hydrogen (secondary N) is 1. The lowest BCUT2D eigenvalue weighted by Gasteiger charge is -2.17. The predicted molar refractivity (Wildman–Crippen MR) is 55.4 cm³/mol. The first-order chi connectivity index (χ1) is 6.52. The van der Waals surface area contributed by atoms with E-state index in [4.69, 9.17) is 5.84 Å². The fourth-order valence-corrected chi connectivity index (χ4v) is 1.91. The lowest BCUT2D eigenvalue weighted by atomic mass is 10.1. The standard InChI is InChI=1S/C8H16N2O3S/c1-5(2)7(8(12)10-9)14-4-6(11)13-3/h5,7H,4,9H2,1-3H3,(H,10,12). The predicted octanol–water partition coefficient (Wildman–Crippen LogP) is -0.0929. The molecule has 0 saturated carbocycles. The van der Waals surface area contributed by atoms with Crippen molar-refractivity contribution in [1.82, 2.24) is 5.43 Å². The van der Waals surface area contributed by atoms with Crippen molar-refractivity contribution >= 4 is 23.6 Å². The number of rotatable bonds is 5. The smallest absolute Gasteiger partial charge is 0.315 e. The van der Waals surface area contributed by atoms with Crippen molar-refractivity contribution in [3.63, 3.8) is 0 Å². The molecule has 1 amide bonds. The zero-order valence-corrected chi connectivity index (χ0v) is 9.39. The van der Waals surface area contributed by atoms with Gasteiger partial charge in [-0.05, 0) is 5.92 Å². The average molecular weight is 220 g/mol. The SMILES string of the molecule is COC(=O)CSC(C(=O)NN)C(C)C. The van der Waals surface area contributed by atoms with Crippen LogP contribution in [-0.4, -0.2) is 30.0 Å². The van der Waals surface area contributed by atoms with Crippen molar-refractivity contribution in [2.24, 2.45) is 11.8 Å². The summed E-state index contributed by atoms with van der Waals surface area (Å²) in [7, 11) is 1.32. The van der Waals surface area contributed by atoms with Crippen LogP contribution in [0.25, 0.3) is 0 Å². The van der Waals surface area contributed by atoms with Gasteiger partial charge in [0.15, 0.2) is 0 Å². The minimum atomic E-state index is -0.342. The lowest BCUT2D eigenvalue weighted by molar-refractivity contribution is -0.137. The molecule has 0 fully saturated rings. The van der Waals surface area contributed by atoms with Crippen LogP contribution in [0.3, 0.4) is 0 Å². The second-order valence-corrected chi connectivity index (χ2v) is 4.19. The normalized spacial score (nSPS) is 12.4. The molecule has 1 unspecified atom stereocenters. The highest BCUT2D eigenvalue weighted by Gasteiger charge is 2.22. The Morgan fingerprint density at radius 3 is 2.43 bits per heavy atom. The molecule has 0 aromatic rings. The highest BCUT2D eigenvalue weighted by atomic mass is 32.2. The number of thioether (sulfide) groups is 1. The molecule has 0 bridgehead atoms. The number of carbonyl (C=O) groups excluding carboxylic acids is 2. The zero-order valence-electron chi connectivity index (χ0n) is 8.57. The van der Waals surface area contributed by atoms with E-state index >= 15 is 0 Å². The van der Waals surface area contributed by atoms with Crippen molar-refractivity contribution in [2.75, 3.05) is 12.9 Å². The number of hydrogen-bond acceptors (Lipinski definition) is 5. The Labute approximate surface area is 87.7 Å². The number of hydrazine groups is 1. The molecule has 0 saturated heterocycles. The van der Waals surface area contributed by atoms with Gasteiger partial charge in [-0.25, -0.2) is 5.84 Å². The van der Waals surface area contributed by atoms with Gasteiger partial charge in [-0.2, -0.15) is 0 Å². The third kappa shape index (κ3) is 4.48. The molecule has 0 rings (SSSR count). The van der Waals surface area contributed by atoms with Gasteiger partial charge in [0.1, 0.15) is 0 Å². The molecule has 1 atom stereocenters. The summed E-state index contributed by atoms with van der Waals surface area (Å²) in [6.45, 7) is 3.79. The molecule has 82 valence electrons. The molecule has 3 N–H and O–H groups in total. The quantitative estimate of drug-likeness (QED) is 0.293. The van der Waals surface area contributed by atoms with E-state index in [-0.39, 0.29) is 28.8 Å². The zero-order chi connectivity index (χ0) is 11.1. The Morgan fingerprint density at radius 2 is 2.07 bits per heavy atom. The van der Waals surface area contributed by atoms with Gasteiger partial charge in [-0.3, -0.25) is 15.0 Å². The highest BCUT2D eigenvalue weighted by Crippen LogP contribution is 2.19. The third-order valence-electron chi connectivity index (χ3n) is 1.61. The van der Waals surface area contributed by atoms with Gasteiger partial charge in [-0.1, -0.05) is 13.8 Å². The monoisotopic (exact) mass is 220 g/mol.